The summed E-state index contributed by atoms with van der Waals surface area (Å²) in [6, 6.07) is 0. The van der Waals surface area contributed by atoms with Crippen LogP contribution < -0.4 is 0 Å². The Morgan fingerprint density at radius 2 is 2.30 bits per heavy atom. The van der Waals surface area contributed by atoms with E-state index in [4.69, 9.17) is 16.3 Å². The highest BCUT2D eigenvalue weighted by Crippen LogP contribution is 1.93. The van der Waals surface area contributed by atoms with Crippen LogP contribution in [-0.2, 0) is 4.74 Å². The third-order valence-electron chi connectivity index (χ3n) is 1.03. The number of halogens is 1. The van der Waals surface area contributed by atoms with E-state index >= 15 is 0 Å². The van der Waals surface area contributed by atoms with Crippen molar-refractivity contribution in [2.45, 2.75) is 20.0 Å². The van der Waals surface area contributed by atoms with Gasteiger partial charge < -0.3 is 4.74 Å². The van der Waals surface area contributed by atoms with Gasteiger partial charge in [-0.15, -0.1) is 0 Å². The van der Waals surface area contributed by atoms with E-state index in [-0.39, 0.29) is 6.10 Å². The van der Waals surface area contributed by atoms with Crippen molar-refractivity contribution in [2.24, 2.45) is 0 Å². The van der Waals surface area contributed by atoms with Gasteiger partial charge in [-0.25, -0.2) is 0 Å². The minimum atomic E-state index is 0.105. The molecule has 0 aliphatic carbocycles. The highest BCUT2D eigenvalue weighted by Gasteiger charge is 1.91. The maximum Gasteiger partial charge on any atom is 0.0743 e. The first-order valence-corrected chi connectivity index (χ1v) is 3.74. The molecule has 0 aromatic carbocycles. The molecule has 1 atom stereocenters. The van der Waals surface area contributed by atoms with Gasteiger partial charge in [0.25, 0.3) is 0 Å². The van der Waals surface area contributed by atoms with Crippen LogP contribution in [-0.4, -0.2) is 12.7 Å². The average Bonchev–Trinajstić information content (AvgIpc) is 1.89. The summed E-state index contributed by atoms with van der Waals surface area (Å²) in [4.78, 5) is 0. The van der Waals surface area contributed by atoms with Crippen LogP contribution in [0.15, 0.2) is 23.8 Å². The second-order valence-electron chi connectivity index (χ2n) is 1.93. The van der Waals surface area contributed by atoms with E-state index in [2.05, 4.69) is 0 Å². The Morgan fingerprint density at radius 3 is 2.80 bits per heavy atom. The fraction of sp³-hybridized carbons (Fsp3) is 0.500. The van der Waals surface area contributed by atoms with Gasteiger partial charge in [0.2, 0.25) is 0 Å². The molecule has 0 fully saturated rings. The molecule has 0 bridgehead atoms. The highest BCUT2D eigenvalue weighted by molar-refractivity contribution is 6.25. The smallest absolute Gasteiger partial charge is 0.0743 e. The quantitative estimate of drug-likeness (QED) is 0.575. The first kappa shape index (κ1) is 9.73. The van der Waals surface area contributed by atoms with E-state index in [1.165, 1.54) is 5.54 Å². The summed E-state index contributed by atoms with van der Waals surface area (Å²) in [7, 11) is 0. The van der Waals surface area contributed by atoms with Crippen LogP contribution in [0.1, 0.15) is 13.8 Å². The number of hydrogen-bond donors (Lipinski definition) is 0. The van der Waals surface area contributed by atoms with E-state index in [1.54, 1.807) is 6.08 Å². The predicted octanol–water partition coefficient (Wildman–Crippen LogP) is 2.72. The predicted molar refractivity (Wildman–Crippen MR) is 45.2 cm³/mol. The maximum absolute atomic E-state index is 5.33. The van der Waals surface area contributed by atoms with E-state index in [9.17, 15) is 0 Å². The molecule has 0 saturated heterocycles. The molecular weight excluding hydrogens is 148 g/mol. The number of hydrogen-bond acceptors (Lipinski definition) is 1. The molecular formula is C8H13ClO. The van der Waals surface area contributed by atoms with Crippen molar-refractivity contribution in [3.63, 3.8) is 0 Å². The Bertz CT molecular complexity index is 118. The van der Waals surface area contributed by atoms with Gasteiger partial charge in [-0.3, -0.25) is 0 Å². The van der Waals surface area contributed by atoms with Gasteiger partial charge in [-0.05, 0) is 19.9 Å². The number of ether oxygens (including phenoxy) is 1. The molecule has 0 radical (unpaired) electrons. The molecule has 2 heteroatoms. The summed E-state index contributed by atoms with van der Waals surface area (Å²) in [5.74, 6) is 0. The largest absolute Gasteiger partial charge is 0.370 e. The Hall–Kier alpha value is -0.270. The van der Waals surface area contributed by atoms with Crippen LogP contribution >= 0.6 is 11.6 Å². The van der Waals surface area contributed by atoms with Crippen molar-refractivity contribution >= 4 is 11.6 Å². The molecule has 0 saturated carbocycles. The Kier molecular flexibility index (Phi) is 6.66. The summed E-state index contributed by atoms with van der Waals surface area (Å²) >= 11 is 5.33. The Balaban J connectivity index is 3.30. The highest BCUT2D eigenvalue weighted by atomic mass is 35.5. The lowest BCUT2D eigenvalue weighted by Crippen LogP contribution is -2.03. The van der Waals surface area contributed by atoms with Gasteiger partial charge in [0.1, 0.15) is 0 Å². The molecule has 10 heavy (non-hydrogen) atoms. The van der Waals surface area contributed by atoms with Gasteiger partial charge in [-0.2, -0.15) is 0 Å². The Morgan fingerprint density at radius 1 is 1.60 bits per heavy atom. The average molecular weight is 161 g/mol. The molecule has 0 aliphatic heterocycles. The first-order chi connectivity index (χ1) is 4.81. The van der Waals surface area contributed by atoms with E-state index < -0.39 is 0 Å². The minimum absolute atomic E-state index is 0.105. The summed E-state index contributed by atoms with van der Waals surface area (Å²) < 4.78 is 5.26. The SMILES string of the molecule is C/C=C/COC(C)/C=C/Cl. The van der Waals surface area contributed by atoms with Crippen molar-refractivity contribution in [3.8, 4) is 0 Å². The van der Waals surface area contributed by atoms with Crippen molar-refractivity contribution in [3.05, 3.63) is 23.8 Å². The molecule has 0 aliphatic rings. The van der Waals surface area contributed by atoms with Gasteiger partial charge in [0, 0.05) is 5.54 Å². The third-order valence-corrected chi connectivity index (χ3v) is 1.18. The van der Waals surface area contributed by atoms with Gasteiger partial charge in [0.05, 0.1) is 12.7 Å². The molecule has 0 spiro atoms. The Labute approximate surface area is 67.3 Å². The van der Waals surface area contributed by atoms with E-state index in [1.807, 2.05) is 26.0 Å². The minimum Gasteiger partial charge on any atom is -0.370 e. The zero-order chi connectivity index (χ0) is 7.82. The topological polar surface area (TPSA) is 9.23 Å². The zero-order valence-electron chi connectivity index (χ0n) is 6.38. The zero-order valence-corrected chi connectivity index (χ0v) is 7.14. The molecule has 1 unspecified atom stereocenters. The lowest BCUT2D eigenvalue weighted by molar-refractivity contribution is 0.123. The molecule has 58 valence electrons. The third kappa shape index (κ3) is 5.86. The summed E-state index contributed by atoms with van der Waals surface area (Å²) in [6.07, 6.45) is 5.81. The monoisotopic (exact) mass is 160 g/mol. The van der Waals surface area contributed by atoms with Crippen LogP contribution in [0.5, 0.6) is 0 Å². The van der Waals surface area contributed by atoms with Crippen LogP contribution in [0.25, 0.3) is 0 Å². The standard InChI is InChI=1S/C8H13ClO/c1-3-4-7-10-8(2)5-6-9/h3-6,8H,7H2,1-2H3/b4-3+,6-5+. The molecule has 1 nitrogen and oxygen atoms in total. The second kappa shape index (κ2) is 6.84. The second-order valence-corrected chi connectivity index (χ2v) is 2.18. The molecule has 0 N–H and O–H groups in total. The molecule has 0 amide bonds. The summed E-state index contributed by atoms with van der Waals surface area (Å²) in [5, 5.41) is 0. The van der Waals surface area contributed by atoms with E-state index in [0.29, 0.717) is 6.61 Å². The lowest BCUT2D eigenvalue weighted by Gasteiger charge is -2.03. The van der Waals surface area contributed by atoms with Gasteiger partial charge in [-0.1, -0.05) is 23.8 Å². The summed E-state index contributed by atoms with van der Waals surface area (Å²) in [5.41, 5.74) is 1.47. The summed E-state index contributed by atoms with van der Waals surface area (Å²) in [6.45, 7) is 4.56. The molecule has 0 aromatic rings. The fourth-order valence-corrected chi connectivity index (χ4v) is 0.666. The van der Waals surface area contributed by atoms with Crippen molar-refractivity contribution in [1.82, 2.24) is 0 Å². The van der Waals surface area contributed by atoms with Crippen LogP contribution in [0.4, 0.5) is 0 Å². The van der Waals surface area contributed by atoms with Gasteiger partial charge in [0.15, 0.2) is 0 Å². The lowest BCUT2D eigenvalue weighted by atomic mass is 10.4. The van der Waals surface area contributed by atoms with Crippen LogP contribution in [0.2, 0.25) is 0 Å². The van der Waals surface area contributed by atoms with Gasteiger partial charge >= 0.3 is 0 Å². The molecule has 0 rings (SSSR count). The van der Waals surface area contributed by atoms with Crippen molar-refractivity contribution in [1.29, 1.82) is 0 Å². The normalized spacial score (nSPS) is 15.1. The number of rotatable bonds is 4. The van der Waals surface area contributed by atoms with E-state index in [0.717, 1.165) is 0 Å². The maximum atomic E-state index is 5.33. The fourth-order valence-electron chi connectivity index (χ4n) is 0.462. The van der Waals surface area contributed by atoms with Crippen molar-refractivity contribution < 1.29 is 4.74 Å². The number of allylic oxidation sites excluding steroid dienone is 1. The molecule has 0 heterocycles. The van der Waals surface area contributed by atoms with Crippen LogP contribution in [0.3, 0.4) is 0 Å². The first-order valence-electron chi connectivity index (χ1n) is 3.31. The molecule has 0 aromatic heterocycles. The van der Waals surface area contributed by atoms with Crippen LogP contribution in [0, 0.1) is 0 Å². The van der Waals surface area contributed by atoms with Crippen molar-refractivity contribution in [2.75, 3.05) is 6.61 Å².